The van der Waals surface area contributed by atoms with E-state index in [-0.39, 0.29) is 0 Å². The average Bonchev–Trinajstić information content (AvgIpc) is 2.88. The maximum Gasteiger partial charge on any atom is 0.384 e. The van der Waals surface area contributed by atoms with Crippen LogP contribution in [-0.4, -0.2) is 24.3 Å². The van der Waals surface area contributed by atoms with Gasteiger partial charge in [-0.25, -0.2) is 4.79 Å². The van der Waals surface area contributed by atoms with Crippen LogP contribution >= 0.6 is 0 Å². The van der Waals surface area contributed by atoms with Gasteiger partial charge < -0.3 is 9.84 Å². The van der Waals surface area contributed by atoms with Crippen LogP contribution in [0, 0.1) is 30.1 Å². The zero-order valence-corrected chi connectivity index (χ0v) is 23.4. The predicted molar refractivity (Wildman–Crippen MR) is 154 cm³/mol. The van der Waals surface area contributed by atoms with Gasteiger partial charge in [-0.2, -0.15) is 0 Å². The number of methoxy groups -OCH3 is 1. The van der Waals surface area contributed by atoms with E-state index in [9.17, 15) is 9.90 Å². The summed E-state index contributed by atoms with van der Waals surface area (Å²) in [6.45, 7) is 2.43. The largest absolute Gasteiger partial charge is 0.459 e. The van der Waals surface area contributed by atoms with Crippen molar-refractivity contribution >= 4 is 5.97 Å². The minimum absolute atomic E-state index is 0.482. The summed E-state index contributed by atoms with van der Waals surface area (Å²) in [7, 11) is 1.34. The third-order valence-corrected chi connectivity index (χ3v) is 6.69. The van der Waals surface area contributed by atoms with Gasteiger partial charge in [0, 0.05) is 5.92 Å². The average molecular weight is 499 g/mol. The molecule has 1 unspecified atom stereocenters. The molecule has 0 spiro atoms. The summed E-state index contributed by atoms with van der Waals surface area (Å²) >= 11 is 0. The van der Waals surface area contributed by atoms with Crippen LogP contribution in [0.5, 0.6) is 0 Å². The van der Waals surface area contributed by atoms with Crippen molar-refractivity contribution in [2.45, 2.75) is 141 Å². The van der Waals surface area contributed by atoms with E-state index in [0.717, 1.165) is 18.8 Å². The van der Waals surface area contributed by atoms with E-state index in [1.54, 1.807) is 12.2 Å². The van der Waals surface area contributed by atoms with Crippen molar-refractivity contribution in [1.29, 1.82) is 0 Å². The predicted octanol–water partition coefficient (Wildman–Crippen LogP) is 8.71. The summed E-state index contributed by atoms with van der Waals surface area (Å²) in [4.78, 5) is 10.8. The smallest absolute Gasteiger partial charge is 0.384 e. The molecule has 0 amide bonds. The highest BCUT2D eigenvalue weighted by atomic mass is 16.5. The SMILES string of the molecule is C#C[C@H](O)/C=C/CCCCCCCCC(C)CCCCCCCCCCCC/C=C\C#CC(=O)OC. The van der Waals surface area contributed by atoms with E-state index in [2.05, 4.69) is 29.4 Å². The van der Waals surface area contributed by atoms with Crippen molar-refractivity contribution in [3.8, 4) is 24.2 Å². The van der Waals surface area contributed by atoms with Crippen molar-refractivity contribution in [1.82, 2.24) is 0 Å². The van der Waals surface area contributed by atoms with Crippen molar-refractivity contribution in [2.24, 2.45) is 5.92 Å². The summed E-state index contributed by atoms with van der Waals surface area (Å²) in [5, 5.41) is 9.25. The molecule has 1 N–H and O–H groups in total. The lowest BCUT2D eigenvalue weighted by atomic mass is 9.95. The fourth-order valence-electron chi connectivity index (χ4n) is 4.35. The Balaban J connectivity index is 3.30. The van der Waals surface area contributed by atoms with Gasteiger partial charge in [0.25, 0.3) is 0 Å². The van der Waals surface area contributed by atoms with Crippen LogP contribution in [0.25, 0.3) is 0 Å². The number of hydrogen-bond donors (Lipinski definition) is 1. The maximum absolute atomic E-state index is 10.8. The Morgan fingerprint density at radius 3 is 1.69 bits per heavy atom. The zero-order chi connectivity index (χ0) is 26.5. The lowest BCUT2D eigenvalue weighted by Gasteiger charge is -2.11. The molecule has 0 fully saturated rings. The molecule has 0 rings (SSSR count). The summed E-state index contributed by atoms with van der Waals surface area (Å²) in [6.07, 6.45) is 38.2. The second kappa shape index (κ2) is 27.6. The minimum atomic E-state index is -0.720. The van der Waals surface area contributed by atoms with Gasteiger partial charge in [-0.3, -0.25) is 0 Å². The normalized spacial score (nSPS) is 12.8. The number of aliphatic hydroxyl groups is 1. The molecule has 0 aliphatic rings. The fraction of sp³-hybridized carbons (Fsp3) is 0.727. The van der Waals surface area contributed by atoms with Crippen LogP contribution < -0.4 is 0 Å². The highest BCUT2D eigenvalue weighted by Gasteiger charge is 2.02. The monoisotopic (exact) mass is 498 g/mol. The van der Waals surface area contributed by atoms with E-state index in [0.29, 0.717) is 0 Å². The first kappa shape index (κ1) is 34.0. The lowest BCUT2D eigenvalue weighted by molar-refractivity contribution is -0.133. The first-order chi connectivity index (χ1) is 17.6. The summed E-state index contributed by atoms with van der Waals surface area (Å²) in [6, 6.07) is 0. The third kappa shape index (κ3) is 26.6. The molecule has 0 saturated carbocycles. The number of carbonyl (C=O) groups excluding carboxylic acids is 1. The van der Waals surface area contributed by atoms with E-state index in [1.807, 2.05) is 12.2 Å². The third-order valence-electron chi connectivity index (χ3n) is 6.69. The number of terminal acetylenes is 1. The quantitative estimate of drug-likeness (QED) is 0.0504. The Bertz CT molecular complexity index is 659. The standard InChI is InChI=1S/C33H54O3/c1-4-32(34)29-25-21-17-14-13-16-20-24-28-31(2)27-23-19-15-11-9-7-5-6-8-10-12-18-22-26-30-33(35)36-3/h1,18,22,25,29,31-32,34H,5-17,19-21,23-24,27-28H2,2-3H3/b22-18-,29-25+/t31?,32-/m0/s1. The van der Waals surface area contributed by atoms with Gasteiger partial charge >= 0.3 is 5.97 Å². The molecule has 2 atom stereocenters. The number of esters is 1. The highest BCUT2D eigenvalue weighted by molar-refractivity contribution is 5.88. The first-order valence-electron chi connectivity index (χ1n) is 14.7. The number of aliphatic hydroxyl groups excluding tert-OH is 1. The second-order valence-electron chi connectivity index (χ2n) is 10.1. The van der Waals surface area contributed by atoms with Crippen molar-refractivity contribution in [3.63, 3.8) is 0 Å². The highest BCUT2D eigenvalue weighted by Crippen LogP contribution is 2.19. The molecule has 0 aromatic carbocycles. The number of unbranched alkanes of at least 4 members (excludes halogenated alkanes) is 16. The van der Waals surface area contributed by atoms with Gasteiger partial charge in [0.05, 0.1) is 7.11 Å². The molecular weight excluding hydrogens is 444 g/mol. The first-order valence-corrected chi connectivity index (χ1v) is 14.7. The van der Waals surface area contributed by atoms with Gasteiger partial charge in [-0.1, -0.05) is 134 Å². The van der Waals surface area contributed by atoms with Gasteiger partial charge in [-0.05, 0) is 43.8 Å². The van der Waals surface area contributed by atoms with Crippen molar-refractivity contribution < 1.29 is 14.6 Å². The lowest BCUT2D eigenvalue weighted by Crippen LogP contribution is -1.95. The summed E-state index contributed by atoms with van der Waals surface area (Å²) in [5.74, 6) is 7.79. The van der Waals surface area contributed by atoms with Gasteiger partial charge in [0.2, 0.25) is 0 Å². The van der Waals surface area contributed by atoms with E-state index < -0.39 is 12.1 Å². The van der Waals surface area contributed by atoms with Crippen LogP contribution in [0.4, 0.5) is 0 Å². The fourth-order valence-corrected chi connectivity index (χ4v) is 4.35. The number of carbonyl (C=O) groups is 1. The van der Waals surface area contributed by atoms with Crippen molar-refractivity contribution in [2.75, 3.05) is 7.11 Å². The molecule has 0 aromatic heterocycles. The van der Waals surface area contributed by atoms with Gasteiger partial charge in [-0.15, -0.1) is 6.42 Å². The topological polar surface area (TPSA) is 46.5 Å². The molecule has 0 aromatic rings. The van der Waals surface area contributed by atoms with E-state index in [1.165, 1.54) is 123 Å². The van der Waals surface area contributed by atoms with Crippen molar-refractivity contribution in [3.05, 3.63) is 24.3 Å². The van der Waals surface area contributed by atoms with E-state index >= 15 is 0 Å². The van der Waals surface area contributed by atoms with Crippen LogP contribution in [0.2, 0.25) is 0 Å². The van der Waals surface area contributed by atoms with Crippen LogP contribution in [0.1, 0.15) is 135 Å². The van der Waals surface area contributed by atoms with Crippen LogP contribution in [0.15, 0.2) is 24.3 Å². The summed E-state index contributed by atoms with van der Waals surface area (Å²) < 4.78 is 4.46. The Morgan fingerprint density at radius 1 is 0.778 bits per heavy atom. The number of hydrogen-bond acceptors (Lipinski definition) is 3. The Labute approximate surface area is 223 Å². The zero-order valence-electron chi connectivity index (χ0n) is 23.4. The van der Waals surface area contributed by atoms with E-state index in [4.69, 9.17) is 6.42 Å². The molecular formula is C33H54O3. The minimum Gasteiger partial charge on any atom is -0.459 e. The second-order valence-corrected chi connectivity index (χ2v) is 10.1. The molecule has 204 valence electrons. The van der Waals surface area contributed by atoms with Crippen LogP contribution in [0.3, 0.4) is 0 Å². The van der Waals surface area contributed by atoms with Gasteiger partial charge in [0.1, 0.15) is 6.10 Å². The molecule has 0 aliphatic carbocycles. The number of ether oxygens (including phenoxy) is 1. The molecule has 0 bridgehead atoms. The number of allylic oxidation sites excluding steroid dienone is 3. The molecule has 0 aliphatic heterocycles. The molecule has 36 heavy (non-hydrogen) atoms. The Hall–Kier alpha value is -1.97. The molecule has 3 heteroatoms. The molecule has 3 nitrogen and oxygen atoms in total. The Kier molecular flexibility index (Phi) is 26.1. The summed E-state index contributed by atoms with van der Waals surface area (Å²) in [5.41, 5.74) is 0. The molecule has 0 radical (unpaired) electrons. The number of rotatable bonds is 23. The Morgan fingerprint density at radius 2 is 1.22 bits per heavy atom. The van der Waals surface area contributed by atoms with Crippen LogP contribution in [-0.2, 0) is 9.53 Å². The molecule has 0 heterocycles. The van der Waals surface area contributed by atoms with Gasteiger partial charge in [0.15, 0.2) is 0 Å². The molecule has 0 saturated heterocycles. The maximum atomic E-state index is 10.8.